The molecule has 4 heteroatoms. The number of hydroxylamine groups is 1. The minimum Gasteiger partial charge on any atom is -0.361 e. The molecule has 1 amide bonds. The van der Waals surface area contributed by atoms with E-state index in [1.807, 2.05) is 66.9 Å². The molecule has 0 aliphatic rings. The number of aromatic nitrogens is 1. The van der Waals surface area contributed by atoms with Crippen molar-refractivity contribution in [3.05, 3.63) is 96.2 Å². The molecule has 4 rings (SSSR count). The molecule has 1 atom stereocenters. The van der Waals surface area contributed by atoms with Gasteiger partial charge in [0.15, 0.2) is 0 Å². The zero-order valence-electron chi connectivity index (χ0n) is 14.0. The van der Waals surface area contributed by atoms with Gasteiger partial charge in [-0.25, -0.2) is 5.48 Å². The van der Waals surface area contributed by atoms with Gasteiger partial charge in [0.1, 0.15) is 0 Å². The predicted octanol–water partition coefficient (Wildman–Crippen LogP) is 4.47. The van der Waals surface area contributed by atoms with Gasteiger partial charge in [-0.15, -0.1) is 0 Å². The number of amides is 1. The van der Waals surface area contributed by atoms with Crippen LogP contribution in [0.15, 0.2) is 85.1 Å². The van der Waals surface area contributed by atoms with Gasteiger partial charge in [0.2, 0.25) is 0 Å². The first kappa shape index (κ1) is 16.1. The van der Waals surface area contributed by atoms with E-state index in [0.29, 0.717) is 0 Å². The van der Waals surface area contributed by atoms with Gasteiger partial charge in [-0.05, 0) is 45.8 Å². The number of H-pyrrole nitrogens is 1. The van der Waals surface area contributed by atoms with Crippen LogP contribution in [0, 0.1) is 0 Å². The summed E-state index contributed by atoms with van der Waals surface area (Å²) in [6, 6.07) is 25.6. The van der Waals surface area contributed by atoms with Crippen molar-refractivity contribution in [2.75, 3.05) is 0 Å². The van der Waals surface area contributed by atoms with Gasteiger partial charge in [0, 0.05) is 11.7 Å². The van der Waals surface area contributed by atoms with E-state index < -0.39 is 11.8 Å². The lowest BCUT2D eigenvalue weighted by Crippen LogP contribution is -2.27. The van der Waals surface area contributed by atoms with Crippen LogP contribution < -0.4 is 5.48 Å². The van der Waals surface area contributed by atoms with Gasteiger partial charge in [-0.2, -0.15) is 0 Å². The fourth-order valence-electron chi connectivity index (χ4n) is 3.31. The Kier molecular flexibility index (Phi) is 4.25. The van der Waals surface area contributed by atoms with E-state index in [2.05, 4.69) is 23.2 Å². The fourth-order valence-corrected chi connectivity index (χ4v) is 3.31. The number of aromatic amines is 1. The summed E-state index contributed by atoms with van der Waals surface area (Å²) in [6.07, 6.45) is 1.93. The predicted molar refractivity (Wildman–Crippen MR) is 102 cm³/mol. The molecule has 0 spiro atoms. The third-order valence-corrected chi connectivity index (χ3v) is 4.64. The van der Waals surface area contributed by atoms with E-state index in [-0.39, 0.29) is 0 Å². The van der Waals surface area contributed by atoms with E-state index >= 15 is 0 Å². The Morgan fingerprint density at radius 2 is 1.54 bits per heavy atom. The highest BCUT2D eigenvalue weighted by Gasteiger charge is 2.22. The first-order valence-electron chi connectivity index (χ1n) is 8.42. The Labute approximate surface area is 151 Å². The van der Waals surface area contributed by atoms with Crippen LogP contribution in [-0.2, 0) is 4.79 Å². The number of rotatable bonds is 4. The van der Waals surface area contributed by atoms with E-state index in [1.54, 1.807) is 5.48 Å². The van der Waals surface area contributed by atoms with Crippen LogP contribution in [0.1, 0.15) is 17.0 Å². The van der Waals surface area contributed by atoms with Crippen LogP contribution in [0.3, 0.4) is 0 Å². The van der Waals surface area contributed by atoms with Crippen LogP contribution in [0.5, 0.6) is 0 Å². The normalized spacial score (nSPS) is 12.0. The fraction of sp³-hybridized carbons (Fsp3) is 0.0455. The molecule has 1 heterocycles. The van der Waals surface area contributed by atoms with Crippen molar-refractivity contribution < 1.29 is 10.0 Å². The van der Waals surface area contributed by atoms with Gasteiger partial charge in [-0.1, -0.05) is 60.7 Å². The van der Waals surface area contributed by atoms with Crippen LogP contribution in [0.2, 0.25) is 0 Å². The molecule has 0 aliphatic carbocycles. The summed E-state index contributed by atoms with van der Waals surface area (Å²) in [4.78, 5) is 15.4. The Morgan fingerprint density at radius 1 is 0.846 bits per heavy atom. The zero-order valence-corrected chi connectivity index (χ0v) is 14.0. The summed E-state index contributed by atoms with van der Waals surface area (Å²) >= 11 is 0. The van der Waals surface area contributed by atoms with Crippen molar-refractivity contribution in [3.63, 3.8) is 0 Å². The van der Waals surface area contributed by atoms with Crippen molar-refractivity contribution in [1.29, 1.82) is 0 Å². The molecule has 0 fully saturated rings. The maximum Gasteiger partial charge on any atom is 0.255 e. The molecular weight excluding hydrogens is 324 g/mol. The highest BCUT2D eigenvalue weighted by molar-refractivity contribution is 5.87. The Balaban J connectivity index is 1.70. The SMILES string of the molecule is O=C(NO)C(c1ccccc1)c1ccc(-c2ccc3[nH]ccc3c2)cc1. The molecule has 0 radical (unpaired) electrons. The van der Waals surface area contributed by atoms with Crippen molar-refractivity contribution >= 4 is 16.8 Å². The molecule has 4 aromatic rings. The summed E-state index contributed by atoms with van der Waals surface area (Å²) in [5.74, 6) is -1.000. The first-order valence-corrected chi connectivity index (χ1v) is 8.42. The molecule has 128 valence electrons. The van der Waals surface area contributed by atoms with E-state index in [9.17, 15) is 4.79 Å². The summed E-state index contributed by atoms with van der Waals surface area (Å²) < 4.78 is 0. The zero-order chi connectivity index (χ0) is 17.9. The molecule has 3 aromatic carbocycles. The average Bonchev–Trinajstić information content (AvgIpc) is 3.17. The largest absolute Gasteiger partial charge is 0.361 e. The molecule has 1 aromatic heterocycles. The van der Waals surface area contributed by atoms with E-state index in [0.717, 1.165) is 33.2 Å². The Bertz CT molecular complexity index is 1040. The van der Waals surface area contributed by atoms with Crippen LogP contribution in [-0.4, -0.2) is 16.1 Å². The number of hydrogen-bond donors (Lipinski definition) is 3. The third-order valence-electron chi connectivity index (χ3n) is 4.64. The molecule has 0 bridgehead atoms. The monoisotopic (exact) mass is 342 g/mol. The van der Waals surface area contributed by atoms with Gasteiger partial charge < -0.3 is 4.98 Å². The number of benzene rings is 3. The number of carbonyl (C=O) groups is 1. The average molecular weight is 342 g/mol. The number of carbonyl (C=O) groups excluding carboxylic acids is 1. The molecular formula is C22H18N2O2. The van der Waals surface area contributed by atoms with Crippen LogP contribution in [0.25, 0.3) is 22.0 Å². The molecule has 4 nitrogen and oxygen atoms in total. The van der Waals surface area contributed by atoms with Crippen molar-refractivity contribution in [2.24, 2.45) is 0 Å². The summed E-state index contributed by atoms with van der Waals surface area (Å²) in [5, 5.41) is 10.3. The minimum atomic E-state index is -0.553. The summed E-state index contributed by atoms with van der Waals surface area (Å²) in [7, 11) is 0. The maximum atomic E-state index is 12.2. The van der Waals surface area contributed by atoms with Crippen molar-refractivity contribution in [3.8, 4) is 11.1 Å². The van der Waals surface area contributed by atoms with Gasteiger partial charge in [0.25, 0.3) is 5.91 Å². The second-order valence-corrected chi connectivity index (χ2v) is 6.22. The first-order chi connectivity index (χ1) is 12.8. The smallest absolute Gasteiger partial charge is 0.255 e. The Morgan fingerprint density at radius 3 is 2.27 bits per heavy atom. The van der Waals surface area contributed by atoms with Gasteiger partial charge >= 0.3 is 0 Å². The molecule has 0 aliphatic heterocycles. The summed E-state index contributed by atoms with van der Waals surface area (Å²) in [6.45, 7) is 0. The third kappa shape index (κ3) is 2.98. The summed E-state index contributed by atoms with van der Waals surface area (Å²) in [5.41, 5.74) is 6.74. The minimum absolute atomic E-state index is 0.447. The van der Waals surface area contributed by atoms with Gasteiger partial charge in [0.05, 0.1) is 5.92 Å². The lowest BCUT2D eigenvalue weighted by molar-refractivity contribution is -0.129. The lowest BCUT2D eigenvalue weighted by Gasteiger charge is -2.16. The van der Waals surface area contributed by atoms with Crippen LogP contribution in [0.4, 0.5) is 0 Å². The number of fused-ring (bicyclic) bond motifs is 1. The van der Waals surface area contributed by atoms with Crippen LogP contribution >= 0.6 is 0 Å². The molecule has 3 N–H and O–H groups in total. The van der Waals surface area contributed by atoms with E-state index in [1.165, 1.54) is 0 Å². The van der Waals surface area contributed by atoms with Crippen molar-refractivity contribution in [2.45, 2.75) is 5.92 Å². The lowest BCUT2D eigenvalue weighted by atomic mass is 9.89. The van der Waals surface area contributed by atoms with Gasteiger partial charge in [-0.3, -0.25) is 10.0 Å². The Hall–Kier alpha value is -3.37. The maximum absolute atomic E-state index is 12.2. The second-order valence-electron chi connectivity index (χ2n) is 6.22. The molecule has 1 unspecified atom stereocenters. The standard InChI is InChI=1S/C22H18N2O2/c25-22(24-26)21(16-4-2-1-3-5-16)17-8-6-15(7-9-17)18-10-11-20-19(14-18)12-13-23-20/h1-14,21,23,26H,(H,24,25). The van der Waals surface area contributed by atoms with Crippen molar-refractivity contribution in [1.82, 2.24) is 10.5 Å². The quantitative estimate of drug-likeness (QED) is 0.378. The highest BCUT2D eigenvalue weighted by Crippen LogP contribution is 2.29. The molecule has 0 saturated carbocycles. The topological polar surface area (TPSA) is 65.1 Å². The molecule has 26 heavy (non-hydrogen) atoms. The highest BCUT2D eigenvalue weighted by atomic mass is 16.5. The van der Waals surface area contributed by atoms with E-state index in [4.69, 9.17) is 5.21 Å². The number of hydrogen-bond acceptors (Lipinski definition) is 2. The number of nitrogens with one attached hydrogen (secondary N) is 2. The second kappa shape index (κ2) is 6.86. The molecule has 0 saturated heterocycles.